The molecule has 0 aliphatic rings. The third-order valence-corrected chi connectivity index (χ3v) is 7.84. The van der Waals surface area contributed by atoms with Crippen molar-refractivity contribution in [3.05, 3.63) is 103 Å². The van der Waals surface area contributed by atoms with Crippen LogP contribution in [-0.4, -0.2) is 5.97 Å². The molecule has 0 aliphatic heterocycles. The second-order valence-corrected chi connectivity index (χ2v) is 9.42. The van der Waals surface area contributed by atoms with E-state index < -0.39 is 20.2 Å². The van der Waals surface area contributed by atoms with Crippen LogP contribution < -0.4 is 0 Å². The van der Waals surface area contributed by atoms with E-state index in [0.717, 1.165) is 12.7 Å². The first kappa shape index (κ1) is 15.7. The zero-order chi connectivity index (χ0) is 16.1. The number of halogens is 1. The molecule has 0 heterocycles. The Morgan fingerprint density at radius 1 is 0.739 bits per heavy atom. The number of hydrogen-bond acceptors (Lipinski definition) is 2. The molecule has 2 nitrogen and oxygen atoms in total. The Morgan fingerprint density at radius 2 is 1.22 bits per heavy atom. The van der Waals surface area contributed by atoms with Gasteiger partial charge in [-0.1, -0.05) is 0 Å². The molecule has 0 fully saturated rings. The van der Waals surface area contributed by atoms with Crippen molar-refractivity contribution in [1.29, 1.82) is 0 Å². The van der Waals surface area contributed by atoms with E-state index in [4.69, 9.17) is 3.07 Å². The second kappa shape index (κ2) is 7.42. The summed E-state index contributed by atoms with van der Waals surface area (Å²) in [6.45, 7) is 2.00. The fourth-order valence-electron chi connectivity index (χ4n) is 2.08. The molecule has 0 amide bonds. The van der Waals surface area contributed by atoms with E-state index in [1.165, 1.54) is 0 Å². The Kier molecular flexibility index (Phi) is 5.08. The fourth-order valence-corrected chi connectivity index (χ4v) is 6.10. The molecule has 0 unspecified atom stereocenters. The Hall–Kier alpha value is -2.14. The van der Waals surface area contributed by atoms with Crippen LogP contribution in [0, 0.1) is 14.1 Å². The maximum absolute atomic E-state index is 12.5. The van der Waals surface area contributed by atoms with Crippen molar-refractivity contribution >= 4 is 26.2 Å². The molecule has 116 valence electrons. The molecular weight excluding hydrogens is 399 g/mol. The van der Waals surface area contributed by atoms with Crippen molar-refractivity contribution in [3.8, 4) is 0 Å². The summed E-state index contributed by atoms with van der Waals surface area (Å²) < 4.78 is 8.19. The minimum absolute atomic E-state index is 0.247. The van der Waals surface area contributed by atoms with Gasteiger partial charge in [0.1, 0.15) is 0 Å². The van der Waals surface area contributed by atoms with Gasteiger partial charge in [-0.3, -0.25) is 0 Å². The van der Waals surface area contributed by atoms with Gasteiger partial charge in [-0.25, -0.2) is 0 Å². The van der Waals surface area contributed by atoms with E-state index in [1.54, 1.807) is 0 Å². The summed E-state index contributed by atoms with van der Waals surface area (Å²) in [5.41, 5.74) is 1.73. The van der Waals surface area contributed by atoms with Crippen molar-refractivity contribution in [2.45, 2.75) is 6.92 Å². The summed E-state index contributed by atoms with van der Waals surface area (Å²) >= 11 is -2.25. The molecule has 0 atom stereocenters. The van der Waals surface area contributed by atoms with Gasteiger partial charge < -0.3 is 0 Å². The fraction of sp³-hybridized carbons (Fsp3) is 0.0500. The Balaban J connectivity index is 1.90. The molecule has 0 spiro atoms. The van der Waals surface area contributed by atoms with Gasteiger partial charge >= 0.3 is 144 Å². The quantitative estimate of drug-likeness (QED) is 0.539. The summed E-state index contributed by atoms with van der Waals surface area (Å²) in [5.74, 6) is -0.247. The summed E-state index contributed by atoms with van der Waals surface area (Å²) in [4.78, 5) is 12.5. The predicted octanol–water partition coefficient (Wildman–Crippen LogP) is 5.31. The average molecular weight is 416 g/mol. The third-order valence-electron chi connectivity index (χ3n) is 3.30. The van der Waals surface area contributed by atoms with E-state index in [0.29, 0.717) is 5.56 Å². The van der Waals surface area contributed by atoms with E-state index in [2.05, 4.69) is 0 Å². The molecule has 23 heavy (non-hydrogen) atoms. The second-order valence-electron chi connectivity index (χ2n) is 5.07. The molecule has 3 rings (SSSR count). The van der Waals surface area contributed by atoms with Crippen molar-refractivity contribution in [2.24, 2.45) is 0 Å². The minimum atomic E-state index is -2.25. The van der Waals surface area contributed by atoms with Crippen molar-refractivity contribution in [2.75, 3.05) is 0 Å². The first-order valence-electron chi connectivity index (χ1n) is 7.33. The Bertz CT molecular complexity index is 728. The molecular formula is C20H17IO2. The number of carbonyl (C=O) groups excluding carboxylic acids is 1. The summed E-state index contributed by atoms with van der Waals surface area (Å²) in [7, 11) is 0. The zero-order valence-corrected chi connectivity index (χ0v) is 14.9. The van der Waals surface area contributed by atoms with Crippen LogP contribution in [0.2, 0.25) is 0 Å². The number of aryl methyl sites for hydroxylation is 1. The average Bonchev–Trinajstić information content (AvgIpc) is 2.61. The summed E-state index contributed by atoms with van der Waals surface area (Å²) in [5, 5.41) is 0. The van der Waals surface area contributed by atoms with Crippen LogP contribution in [0.5, 0.6) is 0 Å². The number of hydrogen-bond donors (Lipinski definition) is 0. The van der Waals surface area contributed by atoms with E-state index in [-0.39, 0.29) is 5.97 Å². The van der Waals surface area contributed by atoms with Gasteiger partial charge in [0.05, 0.1) is 0 Å². The van der Waals surface area contributed by atoms with Crippen molar-refractivity contribution < 1.29 is 7.86 Å². The first-order valence-corrected chi connectivity index (χ1v) is 10.4. The topological polar surface area (TPSA) is 26.3 Å². The van der Waals surface area contributed by atoms with Crippen LogP contribution in [0.25, 0.3) is 0 Å². The molecule has 0 bridgehead atoms. The van der Waals surface area contributed by atoms with Crippen LogP contribution in [0.1, 0.15) is 15.9 Å². The molecule has 0 aromatic heterocycles. The van der Waals surface area contributed by atoms with Gasteiger partial charge in [0.25, 0.3) is 0 Å². The third kappa shape index (κ3) is 3.99. The van der Waals surface area contributed by atoms with Crippen LogP contribution >= 0.6 is 20.2 Å². The van der Waals surface area contributed by atoms with Gasteiger partial charge in [-0.2, -0.15) is 0 Å². The van der Waals surface area contributed by atoms with Crippen LogP contribution in [0.4, 0.5) is 0 Å². The number of carbonyl (C=O) groups is 1. The standard InChI is InChI=1S/C20H17IO2/c1-16-12-14-17(15-13-16)20(22)23-21(18-8-4-2-5-9-18)19-10-6-3-7-11-19/h2-15H,1H3. The molecule has 0 radical (unpaired) electrons. The Labute approximate surface area is 144 Å². The molecule has 3 aromatic rings. The van der Waals surface area contributed by atoms with Crippen molar-refractivity contribution in [3.63, 3.8) is 0 Å². The molecule has 3 heteroatoms. The first-order chi connectivity index (χ1) is 11.2. The van der Waals surface area contributed by atoms with E-state index in [1.807, 2.05) is 91.9 Å². The van der Waals surface area contributed by atoms with Crippen LogP contribution in [0.3, 0.4) is 0 Å². The van der Waals surface area contributed by atoms with Crippen molar-refractivity contribution in [1.82, 2.24) is 0 Å². The van der Waals surface area contributed by atoms with Crippen LogP contribution in [-0.2, 0) is 3.07 Å². The summed E-state index contributed by atoms with van der Waals surface area (Å²) in [6, 6.07) is 27.6. The summed E-state index contributed by atoms with van der Waals surface area (Å²) in [6.07, 6.45) is 0. The predicted molar refractivity (Wildman–Crippen MR) is 101 cm³/mol. The van der Waals surface area contributed by atoms with E-state index >= 15 is 0 Å². The number of benzene rings is 3. The van der Waals surface area contributed by atoms with Gasteiger partial charge in [0, 0.05) is 0 Å². The SMILES string of the molecule is Cc1ccc(C(=O)OI(c2ccccc2)c2ccccc2)cc1. The van der Waals surface area contributed by atoms with Gasteiger partial charge in [0.2, 0.25) is 0 Å². The maximum atomic E-state index is 12.5. The Morgan fingerprint density at radius 3 is 1.70 bits per heavy atom. The van der Waals surface area contributed by atoms with Gasteiger partial charge in [0.15, 0.2) is 0 Å². The molecule has 3 aromatic carbocycles. The molecule has 0 saturated heterocycles. The van der Waals surface area contributed by atoms with Gasteiger partial charge in [-0.05, 0) is 0 Å². The molecule has 0 saturated carbocycles. The van der Waals surface area contributed by atoms with E-state index in [9.17, 15) is 4.79 Å². The molecule has 0 aliphatic carbocycles. The zero-order valence-electron chi connectivity index (χ0n) is 12.8. The normalized spacial score (nSPS) is 10.9. The monoisotopic (exact) mass is 416 g/mol. The molecule has 0 N–H and O–H groups in total. The number of rotatable bonds is 4. The van der Waals surface area contributed by atoms with Crippen LogP contribution in [0.15, 0.2) is 84.9 Å². The van der Waals surface area contributed by atoms with Gasteiger partial charge in [-0.15, -0.1) is 0 Å².